The zero-order valence-electron chi connectivity index (χ0n) is 17.1. The van der Waals surface area contributed by atoms with E-state index in [9.17, 15) is 23.3 Å². The van der Waals surface area contributed by atoms with Crippen LogP contribution in [-0.4, -0.2) is 50.8 Å². The molecule has 2 atom stereocenters. The predicted molar refractivity (Wildman–Crippen MR) is 114 cm³/mol. The van der Waals surface area contributed by atoms with E-state index in [1.165, 1.54) is 18.2 Å². The summed E-state index contributed by atoms with van der Waals surface area (Å²) in [5.74, 6) is 0.640. The Labute approximate surface area is 180 Å². The first-order valence-corrected chi connectivity index (χ1v) is 11.5. The molecule has 0 spiro atoms. The first-order chi connectivity index (χ1) is 14.7. The number of anilines is 1. The van der Waals surface area contributed by atoms with E-state index in [0.717, 1.165) is 16.6 Å². The number of nitrogens with zero attached hydrogens (tertiary/aromatic N) is 2. The van der Waals surface area contributed by atoms with Gasteiger partial charge in [0.15, 0.2) is 11.5 Å². The van der Waals surface area contributed by atoms with Crippen LogP contribution >= 0.6 is 0 Å². The second-order valence-electron chi connectivity index (χ2n) is 7.00. The number of sulfonamides is 1. The van der Waals surface area contributed by atoms with E-state index in [1.807, 2.05) is 6.07 Å². The summed E-state index contributed by atoms with van der Waals surface area (Å²) in [5.41, 5.74) is -0.224. The van der Waals surface area contributed by atoms with Crippen LogP contribution in [0, 0.1) is 10.1 Å². The minimum atomic E-state index is -3.91. The maximum Gasteiger partial charge on any atom is 0.271 e. The van der Waals surface area contributed by atoms with E-state index >= 15 is 0 Å². The number of nitro groups is 1. The van der Waals surface area contributed by atoms with Gasteiger partial charge in [-0.2, -0.15) is 0 Å². The van der Waals surface area contributed by atoms with Crippen molar-refractivity contribution in [3.8, 4) is 11.5 Å². The lowest BCUT2D eigenvalue weighted by Gasteiger charge is -2.31. The number of rotatable bonds is 8. The Hall–Kier alpha value is -3.34. The van der Waals surface area contributed by atoms with Crippen LogP contribution in [0.5, 0.6) is 11.5 Å². The molecule has 1 aliphatic heterocycles. The molecule has 2 aromatic carbocycles. The quantitative estimate of drug-likeness (QED) is 0.483. The number of carbonyl (C=O) groups excluding carboxylic acids is 1. The van der Waals surface area contributed by atoms with Crippen molar-refractivity contribution >= 4 is 27.3 Å². The number of benzene rings is 2. The second-order valence-corrected chi connectivity index (χ2v) is 8.86. The summed E-state index contributed by atoms with van der Waals surface area (Å²) in [5, 5.41) is 13.8. The molecule has 1 N–H and O–H groups in total. The van der Waals surface area contributed by atoms with E-state index < -0.39 is 33.0 Å². The molecule has 1 amide bonds. The summed E-state index contributed by atoms with van der Waals surface area (Å²) < 4.78 is 37.3. The van der Waals surface area contributed by atoms with Gasteiger partial charge in [-0.1, -0.05) is 25.1 Å². The first-order valence-electron chi connectivity index (χ1n) is 9.60. The van der Waals surface area contributed by atoms with Crippen LogP contribution in [0.25, 0.3) is 0 Å². The molecule has 2 aromatic rings. The maximum atomic E-state index is 12.9. The molecule has 0 saturated carbocycles. The lowest BCUT2D eigenvalue weighted by Crippen LogP contribution is -2.51. The molecule has 1 aliphatic rings. The number of nitrogens with one attached hydrogen (secondary N) is 1. The number of carbonyl (C=O) groups is 1. The topological polar surface area (TPSA) is 128 Å². The molecule has 10 nitrogen and oxygen atoms in total. The molecule has 11 heteroatoms. The van der Waals surface area contributed by atoms with Crippen molar-refractivity contribution < 1.29 is 27.6 Å². The smallest absolute Gasteiger partial charge is 0.271 e. The summed E-state index contributed by atoms with van der Waals surface area (Å²) in [4.78, 5) is 23.4. The average Bonchev–Trinajstić information content (AvgIpc) is 2.74. The zero-order valence-corrected chi connectivity index (χ0v) is 17.9. The monoisotopic (exact) mass is 449 g/mol. The fourth-order valence-electron chi connectivity index (χ4n) is 3.30. The fourth-order valence-corrected chi connectivity index (χ4v) is 4.50. The van der Waals surface area contributed by atoms with Gasteiger partial charge in [-0.15, -0.1) is 0 Å². The lowest BCUT2D eigenvalue weighted by atomic mass is 10.1. The largest absolute Gasteiger partial charge is 0.486 e. The molecule has 0 aliphatic carbocycles. The predicted octanol–water partition coefficient (Wildman–Crippen LogP) is 2.10. The second kappa shape index (κ2) is 9.21. The normalized spacial score (nSPS) is 16.3. The number of ether oxygens (including phenoxy) is 2. The van der Waals surface area contributed by atoms with E-state index in [1.54, 1.807) is 25.1 Å². The highest BCUT2D eigenvalue weighted by atomic mass is 32.2. The number of para-hydroxylation sites is 2. The van der Waals surface area contributed by atoms with Crippen LogP contribution in [0.15, 0.2) is 48.5 Å². The Kier molecular flexibility index (Phi) is 6.64. The van der Waals surface area contributed by atoms with Gasteiger partial charge in [-0.3, -0.25) is 19.2 Å². The van der Waals surface area contributed by atoms with Gasteiger partial charge < -0.3 is 14.8 Å². The first kappa shape index (κ1) is 22.3. The lowest BCUT2D eigenvalue weighted by molar-refractivity contribution is -0.384. The van der Waals surface area contributed by atoms with Gasteiger partial charge in [-0.25, -0.2) is 8.42 Å². The van der Waals surface area contributed by atoms with Crippen LogP contribution in [0.3, 0.4) is 0 Å². The maximum absolute atomic E-state index is 12.9. The molecule has 0 unspecified atom stereocenters. The molecular formula is C20H23N3O7S. The highest BCUT2D eigenvalue weighted by molar-refractivity contribution is 7.92. The molecular weight excluding hydrogens is 426 g/mol. The van der Waals surface area contributed by atoms with Crippen LogP contribution < -0.4 is 19.1 Å². The molecule has 3 rings (SSSR count). The van der Waals surface area contributed by atoms with Crippen molar-refractivity contribution in [1.29, 1.82) is 0 Å². The van der Waals surface area contributed by atoms with Crippen LogP contribution in [-0.2, 0) is 14.8 Å². The average molecular weight is 449 g/mol. The van der Waals surface area contributed by atoms with Crippen molar-refractivity contribution in [2.45, 2.75) is 25.5 Å². The molecule has 0 saturated heterocycles. The van der Waals surface area contributed by atoms with Gasteiger partial charge in [0.25, 0.3) is 5.69 Å². The van der Waals surface area contributed by atoms with Crippen molar-refractivity contribution in [2.75, 3.05) is 23.7 Å². The Morgan fingerprint density at radius 3 is 2.61 bits per heavy atom. The third kappa shape index (κ3) is 5.23. The Morgan fingerprint density at radius 1 is 1.26 bits per heavy atom. The van der Waals surface area contributed by atoms with E-state index in [4.69, 9.17) is 9.47 Å². The number of amides is 1. The van der Waals surface area contributed by atoms with E-state index in [-0.39, 0.29) is 30.9 Å². The van der Waals surface area contributed by atoms with Gasteiger partial charge in [0.1, 0.15) is 18.8 Å². The molecule has 0 fully saturated rings. The van der Waals surface area contributed by atoms with E-state index in [2.05, 4.69) is 5.32 Å². The number of hydrogen-bond donors (Lipinski definition) is 1. The third-order valence-corrected chi connectivity index (χ3v) is 5.88. The number of nitro benzene ring substituents is 1. The van der Waals surface area contributed by atoms with Gasteiger partial charge in [0.05, 0.1) is 23.4 Å². The molecule has 0 aromatic heterocycles. The molecule has 1 heterocycles. The van der Waals surface area contributed by atoms with Gasteiger partial charge in [0, 0.05) is 12.1 Å². The summed E-state index contributed by atoms with van der Waals surface area (Å²) >= 11 is 0. The molecule has 31 heavy (non-hydrogen) atoms. The SMILES string of the molecule is CC[C@H](C(=O)NC[C@H]1COc2ccccc2O1)N(c1cccc([N+](=O)[O-])c1)S(C)(=O)=O. The number of fused-ring (bicyclic) bond motifs is 1. The van der Waals surface area contributed by atoms with Crippen molar-refractivity contribution in [1.82, 2.24) is 5.32 Å². The standard InChI is InChI=1S/C20H23N3O7S/c1-3-17(22(31(2,27)28)14-7-6-8-15(11-14)23(25)26)20(24)21-12-16-13-29-18-9-4-5-10-19(18)30-16/h4-11,16-17H,3,12-13H2,1-2H3,(H,21,24)/t16-,17+/m0/s1. The van der Waals surface area contributed by atoms with E-state index in [0.29, 0.717) is 11.5 Å². The molecule has 0 bridgehead atoms. The molecule has 0 radical (unpaired) electrons. The van der Waals surface area contributed by atoms with Gasteiger partial charge in [-0.05, 0) is 24.6 Å². The Morgan fingerprint density at radius 2 is 1.97 bits per heavy atom. The van der Waals surface area contributed by atoms with Crippen molar-refractivity contribution in [3.63, 3.8) is 0 Å². The fraction of sp³-hybridized carbons (Fsp3) is 0.350. The van der Waals surface area contributed by atoms with Crippen LogP contribution in [0.1, 0.15) is 13.3 Å². The third-order valence-electron chi connectivity index (χ3n) is 4.70. The van der Waals surface area contributed by atoms with Crippen molar-refractivity contribution in [3.05, 3.63) is 58.6 Å². The highest BCUT2D eigenvalue weighted by Gasteiger charge is 2.33. The summed E-state index contributed by atoms with van der Waals surface area (Å²) in [7, 11) is -3.91. The summed E-state index contributed by atoms with van der Waals surface area (Å²) in [6.45, 7) is 2.00. The Bertz CT molecular complexity index is 1070. The number of hydrogen-bond acceptors (Lipinski definition) is 7. The van der Waals surface area contributed by atoms with Gasteiger partial charge >= 0.3 is 0 Å². The molecule has 166 valence electrons. The van der Waals surface area contributed by atoms with Crippen LogP contribution in [0.4, 0.5) is 11.4 Å². The van der Waals surface area contributed by atoms with Crippen LogP contribution in [0.2, 0.25) is 0 Å². The minimum Gasteiger partial charge on any atom is -0.486 e. The highest BCUT2D eigenvalue weighted by Crippen LogP contribution is 2.31. The number of non-ortho nitro benzene ring substituents is 1. The summed E-state index contributed by atoms with van der Waals surface area (Å²) in [6.07, 6.45) is 0.671. The minimum absolute atomic E-state index is 0.0462. The summed E-state index contributed by atoms with van der Waals surface area (Å²) in [6, 6.07) is 11.2. The Balaban J connectivity index is 1.76. The van der Waals surface area contributed by atoms with Gasteiger partial charge in [0.2, 0.25) is 15.9 Å². The van der Waals surface area contributed by atoms with Crippen molar-refractivity contribution in [2.24, 2.45) is 0 Å². The zero-order chi connectivity index (χ0) is 22.6.